The summed E-state index contributed by atoms with van der Waals surface area (Å²) >= 11 is 6.22. The van der Waals surface area contributed by atoms with E-state index in [2.05, 4.69) is 5.10 Å². The number of hydrogen-bond acceptors (Lipinski definition) is 3. The van der Waals surface area contributed by atoms with Gasteiger partial charge in [-0.25, -0.2) is 4.68 Å². The molecule has 0 saturated heterocycles. The first-order valence-corrected chi connectivity index (χ1v) is 6.53. The van der Waals surface area contributed by atoms with E-state index in [9.17, 15) is 4.79 Å². The molecule has 1 heterocycles. The number of carboxylic acid groups (broad SMARTS) is 1. The van der Waals surface area contributed by atoms with Crippen molar-refractivity contribution in [2.24, 2.45) is 0 Å². The van der Waals surface area contributed by atoms with Gasteiger partial charge in [-0.3, -0.25) is 4.79 Å². The Balaban J connectivity index is 2.16. The van der Waals surface area contributed by atoms with E-state index in [4.69, 9.17) is 21.4 Å². The number of aliphatic carboxylic acids is 1. The van der Waals surface area contributed by atoms with Crippen LogP contribution >= 0.6 is 11.6 Å². The fourth-order valence-electron chi connectivity index (χ4n) is 1.92. The molecule has 20 heavy (non-hydrogen) atoms. The predicted molar refractivity (Wildman–Crippen MR) is 75.3 cm³/mol. The largest absolute Gasteiger partial charge is 0.496 e. The molecule has 0 fully saturated rings. The molecule has 0 spiro atoms. The highest BCUT2D eigenvalue weighted by Crippen LogP contribution is 2.22. The molecule has 0 bridgehead atoms. The van der Waals surface area contributed by atoms with Crippen molar-refractivity contribution >= 4 is 17.6 Å². The Labute approximate surface area is 121 Å². The van der Waals surface area contributed by atoms with Crippen molar-refractivity contribution in [2.45, 2.75) is 19.4 Å². The summed E-state index contributed by atoms with van der Waals surface area (Å²) in [6.45, 7) is 0.482. The first-order chi connectivity index (χ1) is 9.61. The molecule has 106 valence electrons. The van der Waals surface area contributed by atoms with Gasteiger partial charge >= 0.3 is 5.97 Å². The SMILES string of the molecule is COc1ccccc1Cn1ncc(CCC(=O)O)c1Cl. The Bertz CT molecular complexity index is 610. The van der Waals surface area contributed by atoms with Gasteiger partial charge in [0.25, 0.3) is 0 Å². The number of para-hydroxylation sites is 1. The fourth-order valence-corrected chi connectivity index (χ4v) is 2.17. The van der Waals surface area contributed by atoms with Crippen molar-refractivity contribution < 1.29 is 14.6 Å². The quantitative estimate of drug-likeness (QED) is 0.889. The molecule has 2 aromatic rings. The van der Waals surface area contributed by atoms with E-state index in [1.807, 2.05) is 24.3 Å². The highest BCUT2D eigenvalue weighted by molar-refractivity contribution is 6.30. The van der Waals surface area contributed by atoms with Crippen molar-refractivity contribution in [1.82, 2.24) is 9.78 Å². The van der Waals surface area contributed by atoms with Crippen LogP contribution in [0.5, 0.6) is 5.75 Å². The summed E-state index contributed by atoms with van der Waals surface area (Å²) in [6.07, 6.45) is 2.03. The maximum Gasteiger partial charge on any atom is 0.303 e. The Morgan fingerprint density at radius 3 is 2.85 bits per heavy atom. The molecule has 0 atom stereocenters. The maximum atomic E-state index is 10.6. The second-order valence-corrected chi connectivity index (χ2v) is 4.68. The lowest BCUT2D eigenvalue weighted by molar-refractivity contribution is -0.136. The fraction of sp³-hybridized carbons (Fsp3) is 0.286. The Hall–Kier alpha value is -2.01. The van der Waals surface area contributed by atoms with Crippen molar-refractivity contribution in [1.29, 1.82) is 0 Å². The molecule has 1 aromatic carbocycles. The molecule has 5 nitrogen and oxygen atoms in total. The van der Waals surface area contributed by atoms with E-state index >= 15 is 0 Å². The molecule has 0 unspecified atom stereocenters. The number of rotatable bonds is 6. The highest BCUT2D eigenvalue weighted by atomic mass is 35.5. The number of methoxy groups -OCH3 is 1. The van der Waals surface area contributed by atoms with Crippen LogP contribution in [0.25, 0.3) is 0 Å². The zero-order valence-corrected chi connectivity index (χ0v) is 11.8. The molecule has 0 aliphatic carbocycles. The molecular formula is C14H15ClN2O3. The van der Waals surface area contributed by atoms with Crippen LogP contribution in [0.3, 0.4) is 0 Å². The number of nitrogens with zero attached hydrogens (tertiary/aromatic N) is 2. The number of carbonyl (C=O) groups is 1. The number of ether oxygens (including phenoxy) is 1. The van der Waals surface area contributed by atoms with E-state index in [1.165, 1.54) is 0 Å². The summed E-state index contributed by atoms with van der Waals surface area (Å²) < 4.78 is 6.92. The lowest BCUT2D eigenvalue weighted by Gasteiger charge is -2.09. The van der Waals surface area contributed by atoms with Crippen LogP contribution in [0.15, 0.2) is 30.5 Å². The van der Waals surface area contributed by atoms with Crippen molar-refractivity contribution in [2.75, 3.05) is 7.11 Å². The highest BCUT2D eigenvalue weighted by Gasteiger charge is 2.12. The van der Waals surface area contributed by atoms with Crippen LogP contribution in [0.1, 0.15) is 17.5 Å². The topological polar surface area (TPSA) is 64.4 Å². The predicted octanol–water partition coefficient (Wildman–Crippen LogP) is 2.61. The third-order valence-electron chi connectivity index (χ3n) is 2.97. The van der Waals surface area contributed by atoms with Gasteiger partial charge in [-0.1, -0.05) is 29.8 Å². The normalized spacial score (nSPS) is 10.5. The zero-order chi connectivity index (χ0) is 14.5. The molecule has 6 heteroatoms. The minimum absolute atomic E-state index is 0.0417. The molecule has 0 aliphatic heterocycles. The van der Waals surface area contributed by atoms with Gasteiger partial charge in [0.15, 0.2) is 0 Å². The first kappa shape index (κ1) is 14.4. The van der Waals surface area contributed by atoms with Gasteiger partial charge in [-0.2, -0.15) is 5.10 Å². The second-order valence-electron chi connectivity index (χ2n) is 4.32. The standard InChI is InChI=1S/C14H15ClN2O3/c1-20-12-5-3-2-4-11(12)9-17-14(15)10(8-16-17)6-7-13(18)19/h2-5,8H,6-7,9H2,1H3,(H,18,19). The average molecular weight is 295 g/mol. The minimum atomic E-state index is -0.849. The van der Waals surface area contributed by atoms with Crippen LogP contribution in [0.2, 0.25) is 5.15 Å². The van der Waals surface area contributed by atoms with Gasteiger partial charge in [0.2, 0.25) is 0 Å². The van der Waals surface area contributed by atoms with E-state index < -0.39 is 5.97 Å². The van der Waals surface area contributed by atoms with Gasteiger partial charge in [0.1, 0.15) is 10.9 Å². The number of aryl methyl sites for hydroxylation is 1. The number of carboxylic acids is 1. The smallest absolute Gasteiger partial charge is 0.303 e. The van der Waals surface area contributed by atoms with E-state index in [0.717, 1.165) is 16.9 Å². The Morgan fingerprint density at radius 2 is 2.15 bits per heavy atom. The van der Waals surface area contributed by atoms with Gasteiger partial charge in [-0.05, 0) is 12.5 Å². The Morgan fingerprint density at radius 1 is 1.40 bits per heavy atom. The van der Waals surface area contributed by atoms with Crippen molar-refractivity contribution in [3.63, 3.8) is 0 Å². The van der Waals surface area contributed by atoms with Crippen LogP contribution in [0, 0.1) is 0 Å². The van der Waals surface area contributed by atoms with Crippen LogP contribution in [0.4, 0.5) is 0 Å². The average Bonchev–Trinajstić information content (AvgIpc) is 2.78. The van der Waals surface area contributed by atoms with Crippen LogP contribution < -0.4 is 4.74 Å². The molecule has 0 aliphatic rings. The van der Waals surface area contributed by atoms with Gasteiger partial charge < -0.3 is 9.84 Å². The summed E-state index contributed by atoms with van der Waals surface area (Å²) in [5, 5.41) is 13.4. The number of halogens is 1. The molecule has 1 aromatic heterocycles. The summed E-state index contributed by atoms with van der Waals surface area (Å²) in [6, 6.07) is 7.62. The van der Waals surface area contributed by atoms with Gasteiger partial charge in [-0.15, -0.1) is 0 Å². The Kier molecular flexibility index (Phi) is 4.63. The molecule has 0 amide bonds. The van der Waals surface area contributed by atoms with Gasteiger partial charge in [0.05, 0.1) is 19.9 Å². The molecule has 0 saturated carbocycles. The van der Waals surface area contributed by atoms with E-state index in [-0.39, 0.29) is 6.42 Å². The van der Waals surface area contributed by atoms with Crippen molar-refractivity contribution in [3.8, 4) is 5.75 Å². The summed E-state index contributed by atoms with van der Waals surface area (Å²) in [5.74, 6) is -0.0790. The molecular weight excluding hydrogens is 280 g/mol. The minimum Gasteiger partial charge on any atom is -0.496 e. The van der Waals surface area contributed by atoms with Crippen LogP contribution in [-0.2, 0) is 17.8 Å². The molecule has 2 rings (SSSR count). The molecule has 0 radical (unpaired) electrons. The summed E-state index contributed by atoms with van der Waals surface area (Å²) in [5.41, 5.74) is 1.70. The third-order valence-corrected chi connectivity index (χ3v) is 3.40. The monoisotopic (exact) mass is 294 g/mol. The number of benzene rings is 1. The zero-order valence-electron chi connectivity index (χ0n) is 11.0. The first-order valence-electron chi connectivity index (χ1n) is 6.15. The molecule has 1 N–H and O–H groups in total. The van der Waals surface area contributed by atoms with E-state index in [1.54, 1.807) is 18.0 Å². The number of aromatic nitrogens is 2. The number of hydrogen-bond donors (Lipinski definition) is 1. The lowest BCUT2D eigenvalue weighted by Crippen LogP contribution is -2.04. The lowest BCUT2D eigenvalue weighted by atomic mass is 10.2. The summed E-state index contributed by atoms with van der Waals surface area (Å²) in [7, 11) is 1.61. The second kappa shape index (κ2) is 6.43. The van der Waals surface area contributed by atoms with E-state index in [0.29, 0.717) is 18.1 Å². The van der Waals surface area contributed by atoms with Crippen molar-refractivity contribution in [3.05, 3.63) is 46.7 Å². The van der Waals surface area contributed by atoms with Crippen LogP contribution in [-0.4, -0.2) is 28.0 Å². The summed E-state index contributed by atoms with van der Waals surface area (Å²) in [4.78, 5) is 10.6. The third kappa shape index (κ3) is 3.30. The maximum absolute atomic E-state index is 10.6. The van der Waals surface area contributed by atoms with Gasteiger partial charge in [0, 0.05) is 17.5 Å².